The number of quaternary nitrogens is 1. The first-order chi connectivity index (χ1) is 10.5. The highest BCUT2D eigenvalue weighted by Gasteiger charge is 2.18. The van der Waals surface area contributed by atoms with Crippen LogP contribution in [0.15, 0.2) is 18.2 Å². The van der Waals surface area contributed by atoms with E-state index in [-0.39, 0.29) is 5.91 Å². The molecule has 0 bridgehead atoms. The minimum atomic E-state index is -0.453. The first kappa shape index (κ1) is 16.5. The van der Waals surface area contributed by atoms with Gasteiger partial charge in [-0.3, -0.25) is 10.1 Å². The van der Waals surface area contributed by atoms with Gasteiger partial charge in [0.1, 0.15) is 0 Å². The molecule has 5 nitrogen and oxygen atoms in total. The van der Waals surface area contributed by atoms with Crippen LogP contribution in [-0.2, 0) is 4.79 Å². The topological polar surface area (TPSA) is 62.6 Å². The minimum Gasteiger partial charge on any atom is -0.327 e. The fourth-order valence-corrected chi connectivity index (χ4v) is 2.91. The summed E-state index contributed by atoms with van der Waals surface area (Å²) in [5, 5.41) is 5.17. The van der Waals surface area contributed by atoms with E-state index in [9.17, 15) is 9.59 Å². The zero-order chi connectivity index (χ0) is 15.9. The molecule has 0 unspecified atom stereocenters. The number of aryl methyl sites for hydroxylation is 2. The number of likely N-dealkylation sites (tertiary alicyclic amines) is 1. The molecule has 2 rings (SSSR count). The second kappa shape index (κ2) is 7.94. The van der Waals surface area contributed by atoms with E-state index in [1.807, 2.05) is 32.0 Å². The predicted molar refractivity (Wildman–Crippen MR) is 87.1 cm³/mol. The lowest BCUT2D eigenvalue weighted by Crippen LogP contribution is -3.13. The third-order valence-corrected chi connectivity index (χ3v) is 4.10. The molecule has 1 aromatic rings. The molecule has 22 heavy (non-hydrogen) atoms. The van der Waals surface area contributed by atoms with E-state index in [0.29, 0.717) is 6.54 Å². The monoisotopic (exact) mass is 304 g/mol. The highest BCUT2D eigenvalue weighted by atomic mass is 16.2. The summed E-state index contributed by atoms with van der Waals surface area (Å²) >= 11 is 0. The summed E-state index contributed by atoms with van der Waals surface area (Å²) in [6, 6.07) is 5.34. The van der Waals surface area contributed by atoms with E-state index < -0.39 is 6.03 Å². The second-order valence-electron chi connectivity index (χ2n) is 6.16. The van der Waals surface area contributed by atoms with E-state index in [2.05, 4.69) is 10.6 Å². The van der Waals surface area contributed by atoms with Gasteiger partial charge >= 0.3 is 6.03 Å². The van der Waals surface area contributed by atoms with Crippen LogP contribution in [-0.4, -0.2) is 31.6 Å². The molecule has 1 aromatic carbocycles. The molecule has 0 aliphatic carbocycles. The van der Waals surface area contributed by atoms with Gasteiger partial charge in [0, 0.05) is 5.69 Å². The maximum Gasteiger partial charge on any atom is 0.326 e. The number of benzene rings is 1. The maximum absolute atomic E-state index is 12.0. The number of anilines is 1. The second-order valence-corrected chi connectivity index (χ2v) is 6.16. The third kappa shape index (κ3) is 5.15. The van der Waals surface area contributed by atoms with Gasteiger partial charge in [-0.2, -0.15) is 0 Å². The molecule has 3 amide bonds. The van der Waals surface area contributed by atoms with E-state index in [0.717, 1.165) is 42.7 Å². The van der Waals surface area contributed by atoms with Crippen molar-refractivity contribution in [3.05, 3.63) is 29.3 Å². The van der Waals surface area contributed by atoms with Crippen LogP contribution in [0.3, 0.4) is 0 Å². The van der Waals surface area contributed by atoms with Crippen molar-refractivity contribution >= 4 is 17.6 Å². The number of urea groups is 1. The van der Waals surface area contributed by atoms with Crippen LogP contribution >= 0.6 is 0 Å². The van der Waals surface area contributed by atoms with E-state index in [1.54, 1.807) is 0 Å². The van der Waals surface area contributed by atoms with Crippen molar-refractivity contribution in [3.8, 4) is 0 Å². The molecule has 0 atom stereocenters. The molecule has 5 heteroatoms. The Morgan fingerprint density at radius 3 is 2.41 bits per heavy atom. The van der Waals surface area contributed by atoms with Crippen LogP contribution < -0.4 is 15.5 Å². The largest absolute Gasteiger partial charge is 0.327 e. The average Bonchev–Trinajstić information content (AvgIpc) is 2.70. The van der Waals surface area contributed by atoms with Gasteiger partial charge in [0.2, 0.25) is 0 Å². The first-order valence-corrected chi connectivity index (χ1v) is 8.06. The average molecular weight is 304 g/mol. The number of carbonyl (C=O) groups is 2. The van der Waals surface area contributed by atoms with Gasteiger partial charge in [0.15, 0.2) is 6.54 Å². The molecule has 0 radical (unpaired) electrons. The molecule has 1 aliphatic rings. The molecule has 3 N–H and O–H groups in total. The highest BCUT2D eigenvalue weighted by molar-refractivity contribution is 6.01. The van der Waals surface area contributed by atoms with Gasteiger partial charge < -0.3 is 10.2 Å². The van der Waals surface area contributed by atoms with Crippen molar-refractivity contribution in [2.75, 3.05) is 25.0 Å². The summed E-state index contributed by atoms with van der Waals surface area (Å²) in [4.78, 5) is 25.2. The number of rotatable bonds is 3. The van der Waals surface area contributed by atoms with Gasteiger partial charge in [-0.05, 0) is 51.2 Å². The van der Waals surface area contributed by atoms with E-state index >= 15 is 0 Å². The number of amides is 3. The van der Waals surface area contributed by atoms with Gasteiger partial charge in [-0.25, -0.2) is 4.79 Å². The highest BCUT2D eigenvalue weighted by Crippen LogP contribution is 2.15. The number of imide groups is 1. The fraction of sp³-hybridized carbons (Fsp3) is 0.529. The molecular weight excluding hydrogens is 278 g/mol. The van der Waals surface area contributed by atoms with Crippen molar-refractivity contribution in [1.82, 2.24) is 5.32 Å². The van der Waals surface area contributed by atoms with Crippen LogP contribution in [0.4, 0.5) is 10.5 Å². The van der Waals surface area contributed by atoms with Crippen molar-refractivity contribution < 1.29 is 14.5 Å². The smallest absolute Gasteiger partial charge is 0.326 e. The normalized spacial score (nSPS) is 15.9. The van der Waals surface area contributed by atoms with Crippen LogP contribution in [0.2, 0.25) is 0 Å². The fourth-order valence-electron chi connectivity index (χ4n) is 2.91. The lowest BCUT2D eigenvalue weighted by atomic mass is 10.1. The van der Waals surface area contributed by atoms with Crippen LogP contribution in [0, 0.1) is 13.8 Å². The Bertz CT molecular complexity index is 535. The molecule has 120 valence electrons. The van der Waals surface area contributed by atoms with Gasteiger partial charge in [-0.15, -0.1) is 0 Å². The number of carbonyl (C=O) groups excluding carboxylic acids is 2. The number of hydrogen-bond acceptors (Lipinski definition) is 2. The van der Waals surface area contributed by atoms with Gasteiger partial charge in [0.05, 0.1) is 13.1 Å². The Morgan fingerprint density at radius 2 is 1.77 bits per heavy atom. The molecule has 1 saturated heterocycles. The van der Waals surface area contributed by atoms with Crippen molar-refractivity contribution in [3.63, 3.8) is 0 Å². The Morgan fingerprint density at radius 1 is 1.09 bits per heavy atom. The summed E-state index contributed by atoms with van der Waals surface area (Å²) in [7, 11) is 0. The third-order valence-electron chi connectivity index (χ3n) is 4.10. The molecule has 0 aromatic heterocycles. The lowest BCUT2D eigenvalue weighted by Gasteiger charge is -2.16. The Balaban J connectivity index is 1.81. The van der Waals surface area contributed by atoms with Crippen LogP contribution in [0.5, 0.6) is 0 Å². The Kier molecular flexibility index (Phi) is 5.95. The lowest BCUT2D eigenvalue weighted by molar-refractivity contribution is -0.891. The zero-order valence-electron chi connectivity index (χ0n) is 13.5. The summed E-state index contributed by atoms with van der Waals surface area (Å²) in [6.45, 7) is 6.36. The van der Waals surface area contributed by atoms with Crippen molar-refractivity contribution in [2.24, 2.45) is 0 Å². The zero-order valence-corrected chi connectivity index (χ0v) is 13.5. The molecule has 1 aliphatic heterocycles. The van der Waals surface area contributed by atoms with E-state index in [4.69, 9.17) is 0 Å². The van der Waals surface area contributed by atoms with Crippen molar-refractivity contribution in [1.29, 1.82) is 0 Å². The molecule has 1 fully saturated rings. The quantitative estimate of drug-likeness (QED) is 0.790. The maximum atomic E-state index is 12.0. The van der Waals surface area contributed by atoms with Crippen LogP contribution in [0.25, 0.3) is 0 Å². The number of nitrogens with one attached hydrogen (secondary N) is 3. The predicted octanol–water partition coefficient (Wildman–Crippen LogP) is 1.41. The minimum absolute atomic E-state index is 0.209. The molecule has 0 saturated carbocycles. The molecule has 1 heterocycles. The summed E-state index contributed by atoms with van der Waals surface area (Å²) in [5.74, 6) is -0.209. The van der Waals surface area contributed by atoms with Crippen molar-refractivity contribution in [2.45, 2.75) is 39.5 Å². The standard InChI is InChI=1S/C17H25N3O2/c1-13-7-8-15(14(2)11-13)18-17(22)19-16(21)12-20-9-5-3-4-6-10-20/h7-8,11H,3-6,9-10,12H2,1-2H3,(H2,18,19,21,22)/p+1. The van der Waals surface area contributed by atoms with E-state index in [1.165, 1.54) is 17.7 Å². The summed E-state index contributed by atoms with van der Waals surface area (Å²) in [6.07, 6.45) is 4.82. The number of hydrogen-bond donors (Lipinski definition) is 3. The molecular formula is C17H26N3O2+. The summed E-state index contributed by atoms with van der Waals surface area (Å²) < 4.78 is 0. The SMILES string of the molecule is Cc1ccc(NC(=O)NC(=O)C[NH+]2CCCCCC2)c(C)c1. The summed E-state index contributed by atoms with van der Waals surface area (Å²) in [5.41, 5.74) is 2.86. The van der Waals surface area contributed by atoms with Gasteiger partial charge in [-0.1, -0.05) is 17.7 Å². The van der Waals surface area contributed by atoms with Crippen LogP contribution in [0.1, 0.15) is 36.8 Å². The molecule has 0 spiro atoms. The Labute approximate surface area is 132 Å². The first-order valence-electron chi connectivity index (χ1n) is 8.06. The Hall–Kier alpha value is -1.88. The van der Waals surface area contributed by atoms with Gasteiger partial charge in [0.25, 0.3) is 5.91 Å².